The summed E-state index contributed by atoms with van der Waals surface area (Å²) in [5.74, 6) is -0.230. The molecule has 0 spiro atoms. The molecule has 2 unspecified atom stereocenters. The van der Waals surface area contributed by atoms with Gasteiger partial charge in [0.25, 0.3) is 0 Å². The molecule has 0 aromatic rings. The van der Waals surface area contributed by atoms with Crippen LogP contribution >= 0.6 is 12.4 Å². The Hall–Kier alpha value is -0.810. The Balaban J connectivity index is 0.00000256. The van der Waals surface area contributed by atoms with Gasteiger partial charge in [-0.3, -0.25) is 9.59 Å². The van der Waals surface area contributed by atoms with Crippen molar-refractivity contribution >= 4 is 24.3 Å². The zero-order valence-electron chi connectivity index (χ0n) is 10.6. The molecule has 0 aromatic carbocycles. The minimum Gasteiger partial charge on any atom is -0.469 e. The summed E-state index contributed by atoms with van der Waals surface area (Å²) in [7, 11) is 1.38. The second kappa shape index (κ2) is 6.21. The number of nitrogens with two attached hydrogens (primary N) is 1. The van der Waals surface area contributed by atoms with Crippen molar-refractivity contribution in [2.24, 2.45) is 11.1 Å². The van der Waals surface area contributed by atoms with Gasteiger partial charge < -0.3 is 15.4 Å². The van der Waals surface area contributed by atoms with Crippen molar-refractivity contribution in [3.05, 3.63) is 0 Å². The molecule has 1 fully saturated rings. The zero-order chi connectivity index (χ0) is 12.3. The van der Waals surface area contributed by atoms with Gasteiger partial charge in [0.15, 0.2) is 0 Å². The molecule has 0 radical (unpaired) electrons. The largest absolute Gasteiger partial charge is 0.469 e. The Bertz CT molecular complexity index is 296. The lowest BCUT2D eigenvalue weighted by molar-refractivity contribution is -0.151. The van der Waals surface area contributed by atoms with E-state index >= 15 is 0 Å². The fourth-order valence-electron chi connectivity index (χ4n) is 1.99. The van der Waals surface area contributed by atoms with E-state index in [2.05, 4.69) is 0 Å². The van der Waals surface area contributed by atoms with Crippen LogP contribution < -0.4 is 5.73 Å². The van der Waals surface area contributed by atoms with Gasteiger partial charge in [0.05, 0.1) is 12.5 Å². The molecule has 1 amide bonds. The molecule has 100 valence electrons. The third-order valence-corrected chi connectivity index (χ3v) is 3.00. The number of methoxy groups -OCH3 is 1. The number of nitrogens with zero attached hydrogens (tertiary/aromatic N) is 1. The lowest BCUT2D eigenvalue weighted by Crippen LogP contribution is -2.37. The predicted molar refractivity (Wildman–Crippen MR) is 66.8 cm³/mol. The fourth-order valence-corrected chi connectivity index (χ4v) is 1.99. The van der Waals surface area contributed by atoms with Crippen LogP contribution in [0.2, 0.25) is 0 Å². The van der Waals surface area contributed by atoms with Crippen LogP contribution in [0, 0.1) is 5.41 Å². The van der Waals surface area contributed by atoms with Crippen molar-refractivity contribution in [1.82, 2.24) is 4.90 Å². The number of halogens is 1. The predicted octanol–water partition coefficient (Wildman–Crippen LogP) is 0.557. The molecular formula is C11H21ClN2O3. The van der Waals surface area contributed by atoms with E-state index in [1.54, 1.807) is 11.8 Å². The number of carbonyl (C=O) groups excluding carboxylic acids is 2. The molecule has 1 aliphatic heterocycles. The van der Waals surface area contributed by atoms with Gasteiger partial charge in [-0.2, -0.15) is 0 Å². The highest BCUT2D eigenvalue weighted by molar-refractivity contribution is 5.85. The highest BCUT2D eigenvalue weighted by Crippen LogP contribution is 2.31. The second-order valence-electron chi connectivity index (χ2n) is 4.80. The van der Waals surface area contributed by atoms with E-state index in [-0.39, 0.29) is 30.3 Å². The number of ether oxygens (including phenoxy) is 1. The average Bonchev–Trinajstić information content (AvgIpc) is 2.60. The first-order valence-corrected chi connectivity index (χ1v) is 5.51. The molecule has 2 N–H and O–H groups in total. The maximum Gasteiger partial charge on any atom is 0.313 e. The maximum atomic E-state index is 11.7. The molecule has 0 aliphatic carbocycles. The average molecular weight is 265 g/mol. The zero-order valence-corrected chi connectivity index (χ0v) is 11.4. The van der Waals surface area contributed by atoms with Crippen molar-refractivity contribution in [2.45, 2.75) is 32.7 Å². The van der Waals surface area contributed by atoms with Gasteiger partial charge in [-0.15, -0.1) is 12.4 Å². The first-order valence-electron chi connectivity index (χ1n) is 5.51. The lowest BCUT2D eigenvalue weighted by Gasteiger charge is -2.22. The monoisotopic (exact) mass is 264 g/mol. The minimum atomic E-state index is -0.553. The molecule has 0 saturated carbocycles. The first-order chi connectivity index (χ1) is 7.39. The number of hydrogen-bond acceptors (Lipinski definition) is 4. The summed E-state index contributed by atoms with van der Waals surface area (Å²) in [6, 6.07) is -0.141. The normalized spacial score (nSPS) is 25.1. The van der Waals surface area contributed by atoms with Crippen LogP contribution in [0.3, 0.4) is 0 Å². The van der Waals surface area contributed by atoms with Crippen LogP contribution in [0.4, 0.5) is 0 Å². The van der Waals surface area contributed by atoms with Crippen LogP contribution in [0.25, 0.3) is 0 Å². The van der Waals surface area contributed by atoms with E-state index in [1.807, 2.05) is 6.92 Å². The molecular weight excluding hydrogens is 244 g/mol. The van der Waals surface area contributed by atoms with E-state index in [0.717, 1.165) is 0 Å². The molecule has 1 heterocycles. The fraction of sp³-hybridized carbons (Fsp3) is 0.818. The van der Waals surface area contributed by atoms with E-state index in [0.29, 0.717) is 25.9 Å². The van der Waals surface area contributed by atoms with Crippen molar-refractivity contribution in [1.29, 1.82) is 0 Å². The van der Waals surface area contributed by atoms with Crippen molar-refractivity contribution in [3.63, 3.8) is 0 Å². The summed E-state index contributed by atoms with van der Waals surface area (Å²) < 4.78 is 4.74. The molecule has 17 heavy (non-hydrogen) atoms. The standard InChI is InChI=1S/C11H20N2O3.ClH/c1-8(12)6-9(14)13-5-4-11(2,7-13)10(15)16-3;/h8H,4-7,12H2,1-3H3;1H. The quantitative estimate of drug-likeness (QED) is 0.756. The van der Waals surface area contributed by atoms with Gasteiger partial charge >= 0.3 is 5.97 Å². The summed E-state index contributed by atoms with van der Waals surface area (Å²) in [6.45, 7) is 4.67. The van der Waals surface area contributed by atoms with Crippen molar-refractivity contribution in [2.75, 3.05) is 20.2 Å². The smallest absolute Gasteiger partial charge is 0.313 e. The van der Waals surface area contributed by atoms with Crippen LogP contribution in [-0.4, -0.2) is 43.0 Å². The van der Waals surface area contributed by atoms with Crippen molar-refractivity contribution < 1.29 is 14.3 Å². The topological polar surface area (TPSA) is 72.6 Å². The summed E-state index contributed by atoms with van der Waals surface area (Å²) >= 11 is 0. The van der Waals surface area contributed by atoms with E-state index in [1.165, 1.54) is 7.11 Å². The Kier molecular flexibility index (Phi) is 5.92. The first kappa shape index (κ1) is 16.2. The van der Waals surface area contributed by atoms with Gasteiger partial charge in [0.1, 0.15) is 0 Å². The lowest BCUT2D eigenvalue weighted by atomic mass is 9.90. The van der Waals surface area contributed by atoms with Crippen LogP contribution in [0.1, 0.15) is 26.7 Å². The van der Waals surface area contributed by atoms with Crippen LogP contribution in [0.5, 0.6) is 0 Å². The Morgan fingerprint density at radius 2 is 2.12 bits per heavy atom. The van der Waals surface area contributed by atoms with E-state index in [4.69, 9.17) is 10.5 Å². The number of esters is 1. The van der Waals surface area contributed by atoms with Gasteiger partial charge in [-0.1, -0.05) is 0 Å². The Morgan fingerprint density at radius 3 is 2.59 bits per heavy atom. The van der Waals surface area contributed by atoms with E-state index < -0.39 is 5.41 Å². The number of rotatable bonds is 3. The number of hydrogen-bond donors (Lipinski definition) is 1. The molecule has 6 heteroatoms. The molecule has 2 atom stereocenters. The Labute approximate surface area is 108 Å². The van der Waals surface area contributed by atoms with Gasteiger partial charge in [0, 0.05) is 25.6 Å². The SMILES string of the molecule is COC(=O)C1(C)CCN(C(=O)CC(C)N)C1.Cl. The molecule has 0 aromatic heterocycles. The summed E-state index contributed by atoms with van der Waals surface area (Å²) in [4.78, 5) is 25.0. The second-order valence-corrected chi connectivity index (χ2v) is 4.80. The van der Waals surface area contributed by atoms with Gasteiger partial charge in [-0.05, 0) is 20.3 Å². The number of likely N-dealkylation sites (tertiary alicyclic amines) is 1. The molecule has 0 bridgehead atoms. The Morgan fingerprint density at radius 1 is 1.53 bits per heavy atom. The molecule has 1 saturated heterocycles. The highest BCUT2D eigenvalue weighted by atomic mass is 35.5. The third kappa shape index (κ3) is 3.85. The number of amides is 1. The maximum absolute atomic E-state index is 11.7. The highest BCUT2D eigenvalue weighted by Gasteiger charge is 2.42. The molecule has 1 aliphatic rings. The van der Waals surface area contributed by atoms with Crippen LogP contribution in [-0.2, 0) is 14.3 Å². The molecule has 5 nitrogen and oxygen atoms in total. The van der Waals surface area contributed by atoms with Crippen LogP contribution in [0.15, 0.2) is 0 Å². The van der Waals surface area contributed by atoms with Gasteiger partial charge in [0.2, 0.25) is 5.91 Å². The van der Waals surface area contributed by atoms with E-state index in [9.17, 15) is 9.59 Å². The summed E-state index contributed by atoms with van der Waals surface area (Å²) in [5.41, 5.74) is 5.02. The summed E-state index contributed by atoms with van der Waals surface area (Å²) in [6.07, 6.45) is 0.988. The summed E-state index contributed by atoms with van der Waals surface area (Å²) in [5, 5.41) is 0. The minimum absolute atomic E-state index is 0. The third-order valence-electron chi connectivity index (χ3n) is 3.00. The van der Waals surface area contributed by atoms with Crippen molar-refractivity contribution in [3.8, 4) is 0 Å². The van der Waals surface area contributed by atoms with Gasteiger partial charge in [-0.25, -0.2) is 0 Å². The molecule has 1 rings (SSSR count). The number of carbonyl (C=O) groups is 2.